The summed E-state index contributed by atoms with van der Waals surface area (Å²) in [4.78, 5) is 27.1. The van der Waals surface area contributed by atoms with E-state index in [1.165, 1.54) is 24.3 Å². The number of amides is 1. The van der Waals surface area contributed by atoms with E-state index in [4.69, 9.17) is 4.74 Å². The summed E-state index contributed by atoms with van der Waals surface area (Å²) in [6.45, 7) is 1.51. The summed E-state index contributed by atoms with van der Waals surface area (Å²) in [6.07, 6.45) is 4.74. The van der Waals surface area contributed by atoms with Crippen LogP contribution in [0.15, 0.2) is 59.1 Å². The van der Waals surface area contributed by atoms with Gasteiger partial charge in [-0.15, -0.1) is 0 Å². The fraction of sp³-hybridized carbons (Fsp3) is 0.333. The van der Waals surface area contributed by atoms with Gasteiger partial charge in [-0.05, 0) is 109 Å². The lowest BCUT2D eigenvalue weighted by Gasteiger charge is -2.26. The average Bonchev–Trinajstić information content (AvgIpc) is 3.95. The summed E-state index contributed by atoms with van der Waals surface area (Å²) in [7, 11) is -5.01. The standard InChI is InChI=1S/C39H35BrF4N2O6S/c1-20-24(3-2-4-30(20)40)16-29-34(41)36(43)38(37(44)35(29)42)45-53(50,51)19-33(47)46(31-12-9-25(39(48)49)17-32(31)52-28-10-11-28)18-21-13-26(22-5-6-22)15-27(14-21)23-7-8-23/h2-4,9,12-15,17,22-23,28,45H,5-8,10-11,16,18-19H2,1H3,(H,48,49). The Morgan fingerprint density at radius 2 is 1.51 bits per heavy atom. The zero-order chi connectivity index (χ0) is 37.8. The number of nitrogens with zero attached hydrogens (tertiary/aromatic N) is 1. The monoisotopic (exact) mass is 814 g/mol. The van der Waals surface area contributed by atoms with Gasteiger partial charge in [-0.25, -0.2) is 30.8 Å². The Labute approximate surface area is 312 Å². The van der Waals surface area contributed by atoms with Crippen molar-refractivity contribution in [3.8, 4) is 5.75 Å². The first-order valence-corrected chi connectivity index (χ1v) is 19.7. The predicted molar refractivity (Wildman–Crippen MR) is 194 cm³/mol. The molecule has 14 heteroatoms. The van der Waals surface area contributed by atoms with E-state index in [1.54, 1.807) is 23.8 Å². The molecule has 0 aliphatic heterocycles. The van der Waals surface area contributed by atoms with Crippen molar-refractivity contribution in [2.24, 2.45) is 0 Å². The number of carbonyl (C=O) groups is 2. The second-order valence-corrected chi connectivity index (χ2v) is 16.6. The van der Waals surface area contributed by atoms with Gasteiger partial charge in [0.2, 0.25) is 15.9 Å². The van der Waals surface area contributed by atoms with E-state index in [1.807, 2.05) is 12.1 Å². The molecule has 3 aliphatic rings. The van der Waals surface area contributed by atoms with Crippen LogP contribution in [0.25, 0.3) is 0 Å². The molecule has 0 heterocycles. The molecule has 2 N–H and O–H groups in total. The number of sulfonamides is 1. The first kappa shape index (κ1) is 36.9. The highest BCUT2D eigenvalue weighted by atomic mass is 79.9. The van der Waals surface area contributed by atoms with Crippen LogP contribution in [-0.2, 0) is 27.8 Å². The summed E-state index contributed by atoms with van der Waals surface area (Å²) in [5, 5.41) is 9.66. The van der Waals surface area contributed by atoms with E-state index < -0.39 is 68.6 Å². The number of rotatable bonds is 14. The van der Waals surface area contributed by atoms with E-state index in [9.17, 15) is 23.1 Å². The Morgan fingerprint density at radius 3 is 2.08 bits per heavy atom. The lowest BCUT2D eigenvalue weighted by molar-refractivity contribution is -0.116. The van der Waals surface area contributed by atoms with Crippen molar-refractivity contribution in [1.29, 1.82) is 0 Å². The van der Waals surface area contributed by atoms with Crippen molar-refractivity contribution >= 4 is 49.2 Å². The maximum absolute atomic E-state index is 15.4. The summed E-state index contributed by atoms with van der Waals surface area (Å²) in [6, 6.07) is 14.8. The number of ether oxygens (including phenoxy) is 1. The number of hydrogen-bond acceptors (Lipinski definition) is 5. The van der Waals surface area contributed by atoms with Gasteiger partial charge in [0.25, 0.3) is 0 Å². The summed E-state index contributed by atoms with van der Waals surface area (Å²) in [5.74, 6) is -10.4. The molecule has 7 rings (SSSR count). The zero-order valence-corrected chi connectivity index (χ0v) is 30.9. The van der Waals surface area contributed by atoms with E-state index in [0.717, 1.165) is 41.7 Å². The number of carboxylic acid groups (broad SMARTS) is 1. The highest BCUT2D eigenvalue weighted by molar-refractivity contribution is 9.10. The largest absolute Gasteiger partial charge is 0.488 e. The smallest absolute Gasteiger partial charge is 0.335 e. The van der Waals surface area contributed by atoms with Crippen molar-refractivity contribution in [2.45, 2.75) is 76.4 Å². The number of benzene rings is 4. The van der Waals surface area contributed by atoms with E-state index in [2.05, 4.69) is 22.0 Å². The molecule has 3 aliphatic carbocycles. The van der Waals surface area contributed by atoms with Gasteiger partial charge in [0.15, 0.2) is 23.3 Å². The number of carbonyl (C=O) groups excluding carboxylic acids is 1. The minimum absolute atomic E-state index is 0.0457. The molecule has 0 aromatic heterocycles. The molecule has 1 amide bonds. The number of anilines is 2. The molecule has 0 radical (unpaired) electrons. The van der Waals surface area contributed by atoms with Crippen LogP contribution >= 0.6 is 15.9 Å². The second-order valence-electron chi connectivity index (χ2n) is 14.0. The maximum Gasteiger partial charge on any atom is 0.335 e. The third-order valence-corrected chi connectivity index (χ3v) is 11.8. The normalized spacial score (nSPS) is 15.7. The highest BCUT2D eigenvalue weighted by Crippen LogP contribution is 2.46. The quantitative estimate of drug-likeness (QED) is 0.0972. The zero-order valence-electron chi connectivity index (χ0n) is 28.5. The van der Waals surface area contributed by atoms with E-state index in [-0.39, 0.29) is 29.6 Å². The Morgan fingerprint density at radius 1 is 0.887 bits per heavy atom. The van der Waals surface area contributed by atoms with E-state index >= 15 is 17.6 Å². The Hall–Kier alpha value is -4.43. The van der Waals surface area contributed by atoms with Crippen LogP contribution in [-0.4, -0.2) is 37.3 Å². The van der Waals surface area contributed by atoms with Crippen LogP contribution < -0.4 is 14.4 Å². The molecule has 278 valence electrons. The lowest BCUT2D eigenvalue weighted by Crippen LogP contribution is -2.37. The molecule has 3 fully saturated rings. The second kappa shape index (κ2) is 14.4. The summed E-state index contributed by atoms with van der Waals surface area (Å²) in [5.41, 5.74) is 1.33. The molecule has 0 saturated heterocycles. The number of hydrogen-bond donors (Lipinski definition) is 2. The Kier molecular flexibility index (Phi) is 10.0. The Balaban J connectivity index is 1.21. The predicted octanol–water partition coefficient (Wildman–Crippen LogP) is 8.87. The SMILES string of the molecule is Cc1c(Br)cccc1Cc1c(F)c(F)c(NS(=O)(=O)CC(=O)N(Cc2cc(C3CC3)cc(C3CC3)c2)c2ccc(C(=O)O)cc2OC2CC2)c(F)c1F. The molecular weight excluding hydrogens is 780 g/mol. The molecule has 0 bridgehead atoms. The fourth-order valence-corrected chi connectivity index (χ4v) is 7.80. The summed E-state index contributed by atoms with van der Waals surface area (Å²) < 4.78 is 96.5. The van der Waals surface area contributed by atoms with Crippen LogP contribution in [0.2, 0.25) is 0 Å². The van der Waals surface area contributed by atoms with Crippen molar-refractivity contribution in [3.63, 3.8) is 0 Å². The van der Waals surface area contributed by atoms with Crippen LogP contribution in [0.4, 0.5) is 28.9 Å². The third-order valence-electron chi connectivity index (χ3n) is 9.76. The van der Waals surface area contributed by atoms with Crippen LogP contribution in [0.3, 0.4) is 0 Å². The van der Waals surface area contributed by atoms with E-state index in [0.29, 0.717) is 45.8 Å². The van der Waals surface area contributed by atoms with Gasteiger partial charge >= 0.3 is 5.97 Å². The molecule has 53 heavy (non-hydrogen) atoms. The van der Waals surface area contributed by atoms with Crippen LogP contribution in [0.5, 0.6) is 5.75 Å². The summed E-state index contributed by atoms with van der Waals surface area (Å²) >= 11 is 3.31. The van der Waals surface area contributed by atoms with Gasteiger partial charge < -0.3 is 14.7 Å². The molecule has 4 aromatic rings. The van der Waals surface area contributed by atoms with Crippen molar-refractivity contribution in [3.05, 3.63) is 121 Å². The van der Waals surface area contributed by atoms with Gasteiger partial charge in [0.05, 0.1) is 23.9 Å². The van der Waals surface area contributed by atoms with Gasteiger partial charge in [0, 0.05) is 16.5 Å². The third kappa shape index (κ3) is 8.23. The van der Waals surface area contributed by atoms with Gasteiger partial charge in [-0.3, -0.25) is 9.52 Å². The minimum Gasteiger partial charge on any atom is -0.488 e. The lowest BCUT2D eigenvalue weighted by atomic mass is 9.99. The molecule has 0 unspecified atom stereocenters. The first-order valence-electron chi connectivity index (χ1n) is 17.3. The number of aromatic carboxylic acids is 1. The van der Waals surface area contributed by atoms with Crippen LogP contribution in [0.1, 0.15) is 94.1 Å². The number of carboxylic acids is 1. The average molecular weight is 816 g/mol. The van der Waals surface area contributed by atoms with Crippen LogP contribution in [0, 0.1) is 30.2 Å². The molecule has 0 atom stereocenters. The van der Waals surface area contributed by atoms with Gasteiger partial charge in [-0.1, -0.05) is 46.3 Å². The van der Waals surface area contributed by atoms with Gasteiger partial charge in [-0.2, -0.15) is 0 Å². The molecule has 3 saturated carbocycles. The van der Waals surface area contributed by atoms with Crippen molar-refractivity contribution < 1.29 is 45.4 Å². The maximum atomic E-state index is 15.4. The van der Waals surface area contributed by atoms with Gasteiger partial charge in [0.1, 0.15) is 17.2 Å². The molecule has 4 aromatic carbocycles. The molecule has 8 nitrogen and oxygen atoms in total. The highest BCUT2D eigenvalue weighted by Gasteiger charge is 2.34. The topological polar surface area (TPSA) is 113 Å². The molecule has 0 spiro atoms. The number of nitrogens with one attached hydrogen (secondary N) is 1. The first-order chi connectivity index (χ1) is 25.2. The number of halogens is 5. The van der Waals surface area contributed by atoms with Crippen molar-refractivity contribution in [1.82, 2.24) is 0 Å². The molecular formula is C39H35BrF4N2O6S. The van der Waals surface area contributed by atoms with Crippen molar-refractivity contribution in [2.75, 3.05) is 15.4 Å². The minimum atomic E-state index is -5.01. The fourth-order valence-electron chi connectivity index (χ4n) is 6.35. The Bertz CT molecular complexity index is 2200.